The van der Waals surface area contributed by atoms with Gasteiger partial charge in [0.25, 0.3) is 0 Å². The van der Waals surface area contributed by atoms with Crippen LogP contribution in [0.2, 0.25) is 0 Å². The molecule has 1 fully saturated rings. The van der Waals surface area contributed by atoms with Crippen molar-refractivity contribution in [2.24, 2.45) is 17.6 Å². The Morgan fingerprint density at radius 2 is 2.00 bits per heavy atom. The number of likely N-dealkylation sites (N-methyl/N-ethyl adjacent to an activating group) is 1. The summed E-state index contributed by atoms with van der Waals surface area (Å²) in [5, 5.41) is 2.77. The molecule has 0 spiro atoms. The van der Waals surface area contributed by atoms with Crippen LogP contribution in [0, 0.1) is 11.8 Å². The van der Waals surface area contributed by atoms with E-state index in [0.29, 0.717) is 13.1 Å². The van der Waals surface area contributed by atoms with Crippen LogP contribution in [0.4, 0.5) is 0 Å². The van der Waals surface area contributed by atoms with Crippen LogP contribution in [-0.4, -0.2) is 36.9 Å². The fraction of sp³-hybridized carbons (Fsp3) is 0.529. The second-order valence-electron chi connectivity index (χ2n) is 5.99. The second-order valence-corrected chi connectivity index (χ2v) is 5.99. The smallest absolute Gasteiger partial charge is 0.242 e. The van der Waals surface area contributed by atoms with Crippen LogP contribution in [0.25, 0.3) is 0 Å². The Morgan fingerprint density at radius 3 is 2.68 bits per heavy atom. The molecule has 0 heterocycles. The van der Waals surface area contributed by atoms with Crippen molar-refractivity contribution < 1.29 is 9.59 Å². The molecule has 0 saturated heterocycles. The summed E-state index contributed by atoms with van der Waals surface area (Å²) in [6.07, 6.45) is 2.93. The van der Waals surface area contributed by atoms with Crippen LogP contribution in [0.5, 0.6) is 0 Å². The molecule has 120 valence electrons. The van der Waals surface area contributed by atoms with Crippen LogP contribution in [-0.2, 0) is 16.1 Å². The molecule has 1 saturated carbocycles. The maximum Gasteiger partial charge on any atom is 0.242 e. The highest BCUT2D eigenvalue weighted by atomic mass is 16.2. The van der Waals surface area contributed by atoms with Crippen molar-refractivity contribution in [3.05, 3.63) is 35.9 Å². The van der Waals surface area contributed by atoms with Gasteiger partial charge in [-0.15, -0.1) is 0 Å². The molecule has 1 aromatic rings. The highest BCUT2D eigenvalue weighted by Gasteiger charge is 2.31. The SMILES string of the molecule is CN(Cc1ccccc1)C(=O)CNC(=O)[C@@H]1CCC[C@@H]1CN. The van der Waals surface area contributed by atoms with Gasteiger partial charge >= 0.3 is 0 Å². The molecule has 2 atom stereocenters. The summed E-state index contributed by atoms with van der Waals surface area (Å²) in [7, 11) is 1.75. The van der Waals surface area contributed by atoms with Crippen LogP contribution < -0.4 is 11.1 Å². The van der Waals surface area contributed by atoms with Gasteiger partial charge in [0.2, 0.25) is 11.8 Å². The molecule has 0 unspecified atom stereocenters. The van der Waals surface area contributed by atoms with Gasteiger partial charge in [-0.3, -0.25) is 9.59 Å². The normalized spacial score (nSPS) is 20.6. The molecule has 0 bridgehead atoms. The fourth-order valence-corrected chi connectivity index (χ4v) is 3.04. The van der Waals surface area contributed by atoms with Gasteiger partial charge in [0.05, 0.1) is 6.54 Å². The number of nitrogens with two attached hydrogens (primary N) is 1. The zero-order chi connectivity index (χ0) is 15.9. The lowest BCUT2D eigenvalue weighted by atomic mass is 9.95. The van der Waals surface area contributed by atoms with E-state index in [1.165, 1.54) is 0 Å². The molecular formula is C17H25N3O2. The number of hydrogen-bond donors (Lipinski definition) is 2. The third kappa shape index (κ3) is 4.31. The number of nitrogens with zero attached hydrogens (tertiary/aromatic N) is 1. The molecule has 3 N–H and O–H groups in total. The van der Waals surface area contributed by atoms with Gasteiger partial charge in [-0.2, -0.15) is 0 Å². The summed E-state index contributed by atoms with van der Waals surface area (Å²) in [4.78, 5) is 25.9. The van der Waals surface area contributed by atoms with Gasteiger partial charge in [-0.1, -0.05) is 36.8 Å². The van der Waals surface area contributed by atoms with E-state index in [0.717, 1.165) is 24.8 Å². The minimum atomic E-state index is -0.0838. The third-order valence-corrected chi connectivity index (χ3v) is 4.40. The third-order valence-electron chi connectivity index (χ3n) is 4.40. The minimum Gasteiger partial charge on any atom is -0.347 e. The molecule has 0 aromatic heterocycles. The average Bonchev–Trinajstić information content (AvgIpc) is 3.01. The number of nitrogens with one attached hydrogen (secondary N) is 1. The second kappa shape index (κ2) is 7.94. The summed E-state index contributed by atoms with van der Waals surface area (Å²) in [5.74, 6) is 0.114. The number of carbonyl (C=O) groups is 2. The van der Waals surface area contributed by atoms with Gasteiger partial charge in [0, 0.05) is 19.5 Å². The topological polar surface area (TPSA) is 75.4 Å². The van der Waals surface area contributed by atoms with Crippen molar-refractivity contribution in [2.75, 3.05) is 20.1 Å². The first-order valence-electron chi connectivity index (χ1n) is 7.87. The molecule has 22 heavy (non-hydrogen) atoms. The first kappa shape index (κ1) is 16.5. The summed E-state index contributed by atoms with van der Waals surface area (Å²) < 4.78 is 0. The van der Waals surface area contributed by atoms with E-state index < -0.39 is 0 Å². The Morgan fingerprint density at radius 1 is 1.27 bits per heavy atom. The van der Waals surface area contributed by atoms with Gasteiger partial charge < -0.3 is 16.0 Å². The van der Waals surface area contributed by atoms with Crippen molar-refractivity contribution in [1.82, 2.24) is 10.2 Å². The van der Waals surface area contributed by atoms with Crippen molar-refractivity contribution in [1.29, 1.82) is 0 Å². The Balaban J connectivity index is 1.78. The van der Waals surface area contributed by atoms with Crippen molar-refractivity contribution in [3.63, 3.8) is 0 Å². The summed E-state index contributed by atoms with van der Waals surface area (Å²) in [6, 6.07) is 9.80. The number of benzene rings is 1. The molecule has 2 amide bonds. The van der Waals surface area contributed by atoms with E-state index in [1.54, 1.807) is 11.9 Å². The fourth-order valence-electron chi connectivity index (χ4n) is 3.04. The lowest BCUT2D eigenvalue weighted by Crippen LogP contribution is -2.41. The monoisotopic (exact) mass is 303 g/mol. The number of rotatable bonds is 6. The molecular weight excluding hydrogens is 278 g/mol. The Bertz CT molecular complexity index is 504. The number of carbonyl (C=O) groups excluding carboxylic acids is 2. The number of amides is 2. The minimum absolute atomic E-state index is 0.0303. The molecule has 1 aliphatic carbocycles. The van der Waals surface area contributed by atoms with Crippen LogP contribution in [0.3, 0.4) is 0 Å². The Labute approximate surface area is 131 Å². The van der Waals surface area contributed by atoms with Crippen LogP contribution in [0.15, 0.2) is 30.3 Å². The molecule has 5 heteroatoms. The molecule has 0 radical (unpaired) electrons. The largest absolute Gasteiger partial charge is 0.347 e. The standard InChI is InChI=1S/C17H25N3O2/c1-20(12-13-6-3-2-4-7-13)16(21)11-19-17(22)15-9-5-8-14(15)10-18/h2-4,6-7,14-15H,5,8-12,18H2,1H3,(H,19,22)/t14-,15-/m1/s1. The Kier molecular flexibility index (Phi) is 5.95. The van der Waals surface area contributed by atoms with Gasteiger partial charge in [0.1, 0.15) is 0 Å². The summed E-state index contributed by atoms with van der Waals surface area (Å²) in [5.41, 5.74) is 6.77. The first-order valence-corrected chi connectivity index (χ1v) is 7.87. The predicted molar refractivity (Wildman–Crippen MR) is 85.8 cm³/mol. The van der Waals surface area contributed by atoms with Crippen LogP contribution in [0.1, 0.15) is 24.8 Å². The average molecular weight is 303 g/mol. The van der Waals surface area contributed by atoms with Gasteiger partial charge in [-0.05, 0) is 30.9 Å². The zero-order valence-electron chi connectivity index (χ0n) is 13.1. The molecule has 0 aliphatic heterocycles. The maximum absolute atomic E-state index is 12.2. The van der Waals surface area contributed by atoms with Crippen molar-refractivity contribution >= 4 is 11.8 Å². The maximum atomic E-state index is 12.2. The summed E-state index contributed by atoms with van der Waals surface area (Å²) in [6.45, 7) is 1.14. The molecule has 5 nitrogen and oxygen atoms in total. The van der Waals surface area contributed by atoms with Crippen molar-refractivity contribution in [2.45, 2.75) is 25.8 Å². The van der Waals surface area contributed by atoms with E-state index >= 15 is 0 Å². The van der Waals surface area contributed by atoms with Gasteiger partial charge in [0.15, 0.2) is 0 Å². The van der Waals surface area contributed by atoms with E-state index in [1.807, 2.05) is 30.3 Å². The highest BCUT2D eigenvalue weighted by Crippen LogP contribution is 2.30. The van der Waals surface area contributed by atoms with E-state index in [2.05, 4.69) is 5.32 Å². The predicted octanol–water partition coefficient (Wildman–Crippen LogP) is 1.14. The summed E-state index contributed by atoms with van der Waals surface area (Å²) >= 11 is 0. The molecule has 1 aliphatic rings. The Hall–Kier alpha value is -1.88. The van der Waals surface area contributed by atoms with E-state index in [-0.39, 0.29) is 30.2 Å². The first-order chi connectivity index (χ1) is 10.6. The van der Waals surface area contributed by atoms with E-state index in [4.69, 9.17) is 5.73 Å². The quantitative estimate of drug-likeness (QED) is 0.827. The highest BCUT2D eigenvalue weighted by molar-refractivity contribution is 5.86. The van der Waals surface area contributed by atoms with Gasteiger partial charge in [-0.25, -0.2) is 0 Å². The van der Waals surface area contributed by atoms with Crippen molar-refractivity contribution in [3.8, 4) is 0 Å². The van der Waals surface area contributed by atoms with E-state index in [9.17, 15) is 9.59 Å². The number of hydrogen-bond acceptors (Lipinski definition) is 3. The zero-order valence-corrected chi connectivity index (χ0v) is 13.1. The lowest BCUT2D eigenvalue weighted by Gasteiger charge is -2.20. The lowest BCUT2D eigenvalue weighted by molar-refractivity contribution is -0.133. The molecule has 1 aromatic carbocycles. The van der Waals surface area contributed by atoms with Crippen LogP contribution >= 0.6 is 0 Å². The molecule has 2 rings (SSSR count).